The molecule has 4 rings (SSSR count). The van der Waals surface area contributed by atoms with Gasteiger partial charge in [-0.1, -0.05) is 17.7 Å². The van der Waals surface area contributed by atoms with Crippen molar-refractivity contribution in [1.29, 1.82) is 0 Å². The molecule has 0 amide bonds. The zero-order valence-electron chi connectivity index (χ0n) is 19.1. The van der Waals surface area contributed by atoms with Gasteiger partial charge in [0.15, 0.2) is 5.78 Å². The Kier molecular flexibility index (Phi) is 7.03. The quantitative estimate of drug-likeness (QED) is 0.274. The molecule has 0 saturated heterocycles. The Labute approximate surface area is 207 Å². The van der Waals surface area contributed by atoms with Gasteiger partial charge < -0.3 is 19.5 Å². The third kappa shape index (κ3) is 5.62. The number of hydrogen-bond donors (Lipinski definition) is 1. The predicted octanol–water partition coefficient (Wildman–Crippen LogP) is 6.84. The Bertz CT molecular complexity index is 1370. The van der Waals surface area contributed by atoms with Gasteiger partial charge in [-0.15, -0.1) is 0 Å². The Morgan fingerprint density at radius 2 is 1.34 bits per heavy atom. The van der Waals surface area contributed by atoms with Gasteiger partial charge in [0, 0.05) is 40.6 Å². The zero-order chi connectivity index (χ0) is 24.9. The van der Waals surface area contributed by atoms with Crippen molar-refractivity contribution >= 4 is 34.7 Å². The maximum absolute atomic E-state index is 13.2. The molecule has 4 aromatic carbocycles. The molecule has 0 unspecified atom stereocenters. The molecule has 0 bridgehead atoms. The molecule has 7 heteroatoms. The normalized spacial score (nSPS) is 10.5. The largest absolute Gasteiger partial charge is 0.497 e. The maximum Gasteiger partial charge on any atom is 0.335 e. The second kappa shape index (κ2) is 10.3. The standard InChI is InChI=1S/C28H22ClNO5/c1-30(23-12-8-21(29)9-13-23)22-10-6-18(7-11-22)27(31)19-14-20(28(32)33)16-26(15-19)35-25-5-3-4-24(17-25)34-2/h3-17H,1-2H3,(H,32,33). The number of halogens is 1. The van der Waals surface area contributed by atoms with Gasteiger partial charge in [-0.3, -0.25) is 4.79 Å². The molecule has 6 nitrogen and oxygen atoms in total. The van der Waals surface area contributed by atoms with Gasteiger partial charge in [0.1, 0.15) is 17.2 Å². The lowest BCUT2D eigenvalue weighted by Crippen LogP contribution is -2.10. The second-order valence-corrected chi connectivity index (χ2v) is 8.18. The number of rotatable bonds is 8. The molecule has 0 aliphatic carbocycles. The lowest BCUT2D eigenvalue weighted by atomic mass is 10.0. The number of ether oxygens (including phenoxy) is 2. The molecule has 0 saturated carbocycles. The van der Waals surface area contributed by atoms with Crippen molar-refractivity contribution in [3.8, 4) is 17.2 Å². The van der Waals surface area contributed by atoms with Crippen LogP contribution < -0.4 is 14.4 Å². The summed E-state index contributed by atoms with van der Waals surface area (Å²) in [5, 5.41) is 10.2. The number of benzene rings is 4. The maximum atomic E-state index is 13.2. The van der Waals surface area contributed by atoms with Crippen LogP contribution in [-0.4, -0.2) is 31.0 Å². The van der Waals surface area contributed by atoms with E-state index in [1.54, 1.807) is 43.5 Å². The van der Waals surface area contributed by atoms with Crippen LogP contribution in [-0.2, 0) is 0 Å². The van der Waals surface area contributed by atoms with Gasteiger partial charge >= 0.3 is 5.97 Å². The number of carbonyl (C=O) groups is 2. The summed E-state index contributed by atoms with van der Waals surface area (Å²) < 4.78 is 11.0. The average Bonchev–Trinajstić information content (AvgIpc) is 2.88. The van der Waals surface area contributed by atoms with Crippen LogP contribution in [0.1, 0.15) is 26.3 Å². The molecule has 0 aromatic heterocycles. The summed E-state index contributed by atoms with van der Waals surface area (Å²) in [7, 11) is 3.46. The number of carbonyl (C=O) groups excluding carboxylic acids is 1. The van der Waals surface area contributed by atoms with Crippen molar-refractivity contribution in [2.75, 3.05) is 19.1 Å². The molecular formula is C28H22ClNO5. The van der Waals surface area contributed by atoms with Crippen molar-refractivity contribution in [2.45, 2.75) is 0 Å². The van der Waals surface area contributed by atoms with Crippen molar-refractivity contribution in [3.05, 3.63) is 113 Å². The van der Waals surface area contributed by atoms with Crippen molar-refractivity contribution in [3.63, 3.8) is 0 Å². The van der Waals surface area contributed by atoms with E-state index >= 15 is 0 Å². The van der Waals surface area contributed by atoms with E-state index in [0.717, 1.165) is 11.4 Å². The lowest BCUT2D eigenvalue weighted by Gasteiger charge is -2.19. The molecule has 0 radical (unpaired) electrons. The highest BCUT2D eigenvalue weighted by molar-refractivity contribution is 6.30. The van der Waals surface area contributed by atoms with E-state index in [9.17, 15) is 14.7 Å². The van der Waals surface area contributed by atoms with E-state index < -0.39 is 5.97 Å². The molecular weight excluding hydrogens is 466 g/mol. The fourth-order valence-corrected chi connectivity index (χ4v) is 3.66. The summed E-state index contributed by atoms with van der Waals surface area (Å²) in [5.74, 6) is -0.184. The fourth-order valence-electron chi connectivity index (χ4n) is 3.53. The number of ketones is 1. The number of aromatic carboxylic acids is 1. The monoisotopic (exact) mass is 487 g/mol. The number of carboxylic acids is 1. The third-order valence-electron chi connectivity index (χ3n) is 5.42. The predicted molar refractivity (Wildman–Crippen MR) is 136 cm³/mol. The molecule has 0 heterocycles. The minimum absolute atomic E-state index is 0.0483. The zero-order valence-corrected chi connectivity index (χ0v) is 19.8. The van der Waals surface area contributed by atoms with Crippen molar-refractivity contribution < 1.29 is 24.2 Å². The molecule has 0 aliphatic rings. The molecule has 176 valence electrons. The van der Waals surface area contributed by atoms with E-state index in [4.69, 9.17) is 21.1 Å². The lowest BCUT2D eigenvalue weighted by molar-refractivity contribution is 0.0696. The van der Waals surface area contributed by atoms with Crippen LogP contribution in [0.4, 0.5) is 11.4 Å². The molecule has 0 spiro atoms. The van der Waals surface area contributed by atoms with E-state index in [0.29, 0.717) is 22.1 Å². The summed E-state index contributed by atoms with van der Waals surface area (Å²) in [6, 6.07) is 25.7. The van der Waals surface area contributed by atoms with E-state index in [-0.39, 0.29) is 22.7 Å². The van der Waals surface area contributed by atoms with Gasteiger partial charge in [-0.05, 0) is 78.9 Å². The SMILES string of the molecule is COc1cccc(Oc2cc(C(=O)O)cc(C(=O)c3ccc(N(C)c4ccc(Cl)cc4)cc3)c2)c1. The van der Waals surface area contributed by atoms with Crippen LogP contribution >= 0.6 is 11.6 Å². The summed E-state index contributed by atoms with van der Waals surface area (Å²) in [6.07, 6.45) is 0. The summed E-state index contributed by atoms with van der Waals surface area (Å²) in [4.78, 5) is 26.9. The van der Waals surface area contributed by atoms with E-state index in [2.05, 4.69) is 0 Å². The van der Waals surface area contributed by atoms with Crippen LogP contribution in [0, 0.1) is 0 Å². The number of nitrogens with zero attached hydrogens (tertiary/aromatic N) is 1. The number of anilines is 2. The first-order valence-corrected chi connectivity index (χ1v) is 11.1. The van der Waals surface area contributed by atoms with Crippen molar-refractivity contribution in [1.82, 2.24) is 0 Å². The number of methoxy groups -OCH3 is 1. The van der Waals surface area contributed by atoms with E-state index in [1.807, 2.05) is 48.3 Å². The van der Waals surface area contributed by atoms with Gasteiger partial charge in [-0.2, -0.15) is 0 Å². The first-order valence-electron chi connectivity index (χ1n) is 10.7. The summed E-state index contributed by atoms with van der Waals surface area (Å²) >= 11 is 5.97. The summed E-state index contributed by atoms with van der Waals surface area (Å²) in [6.45, 7) is 0. The second-order valence-electron chi connectivity index (χ2n) is 7.74. The minimum atomic E-state index is -1.16. The molecule has 4 aromatic rings. The number of hydrogen-bond acceptors (Lipinski definition) is 5. The Balaban J connectivity index is 1.60. The topological polar surface area (TPSA) is 76.1 Å². The Morgan fingerprint density at radius 1 is 0.743 bits per heavy atom. The minimum Gasteiger partial charge on any atom is -0.497 e. The van der Waals surface area contributed by atoms with Crippen LogP contribution in [0.2, 0.25) is 5.02 Å². The highest BCUT2D eigenvalue weighted by atomic mass is 35.5. The molecule has 1 N–H and O–H groups in total. The molecule has 35 heavy (non-hydrogen) atoms. The third-order valence-corrected chi connectivity index (χ3v) is 5.68. The van der Waals surface area contributed by atoms with E-state index in [1.165, 1.54) is 18.2 Å². The molecule has 0 fully saturated rings. The Hall–Kier alpha value is -4.29. The first-order chi connectivity index (χ1) is 16.8. The van der Waals surface area contributed by atoms with Gasteiger partial charge in [0.2, 0.25) is 0 Å². The smallest absolute Gasteiger partial charge is 0.335 e. The van der Waals surface area contributed by atoms with Crippen LogP contribution in [0.15, 0.2) is 91.0 Å². The average molecular weight is 488 g/mol. The van der Waals surface area contributed by atoms with Crippen molar-refractivity contribution in [2.24, 2.45) is 0 Å². The molecule has 0 atom stereocenters. The fraction of sp³-hybridized carbons (Fsp3) is 0.0714. The molecule has 0 aliphatic heterocycles. The van der Waals surface area contributed by atoms with Crippen LogP contribution in [0.3, 0.4) is 0 Å². The van der Waals surface area contributed by atoms with Crippen LogP contribution in [0.5, 0.6) is 17.2 Å². The van der Waals surface area contributed by atoms with Gasteiger partial charge in [-0.25, -0.2) is 4.79 Å². The highest BCUT2D eigenvalue weighted by Gasteiger charge is 2.16. The summed E-state index contributed by atoms with van der Waals surface area (Å²) in [5.41, 5.74) is 2.41. The van der Waals surface area contributed by atoms with Crippen LogP contribution in [0.25, 0.3) is 0 Å². The van der Waals surface area contributed by atoms with Gasteiger partial charge in [0.25, 0.3) is 0 Å². The highest BCUT2D eigenvalue weighted by Crippen LogP contribution is 2.29. The van der Waals surface area contributed by atoms with Gasteiger partial charge in [0.05, 0.1) is 12.7 Å². The number of carboxylic acid groups (broad SMARTS) is 1. The first kappa shape index (κ1) is 23.9. The Morgan fingerprint density at radius 3 is 1.97 bits per heavy atom.